The fraction of sp³-hybridized carbons (Fsp3) is 0.300. The molecule has 8 nitrogen and oxygen atoms in total. The van der Waals surface area contributed by atoms with Crippen LogP contribution < -0.4 is 5.73 Å². The largest absolute Gasteiger partial charge is 0.382 e. The Kier molecular flexibility index (Phi) is 2.40. The molecule has 0 atom stereocenters. The van der Waals surface area contributed by atoms with Crippen LogP contribution in [0.15, 0.2) is 19.0 Å². The zero-order chi connectivity index (χ0) is 12.5. The maximum absolute atomic E-state index is 5.74. The number of rotatable bonds is 3. The predicted octanol–water partition coefficient (Wildman–Crippen LogP) is 0.0682. The summed E-state index contributed by atoms with van der Waals surface area (Å²) < 4.78 is 3.71. The summed E-state index contributed by atoms with van der Waals surface area (Å²) in [5, 5.41) is 4.13. The fourth-order valence-electron chi connectivity index (χ4n) is 1.84. The van der Waals surface area contributed by atoms with Crippen molar-refractivity contribution >= 4 is 17.0 Å². The molecule has 0 unspecified atom stereocenters. The number of nitrogens with zero attached hydrogens (tertiary/aromatic N) is 7. The molecule has 92 valence electrons. The minimum atomic E-state index is 0.385. The van der Waals surface area contributed by atoms with Crippen LogP contribution in [0.5, 0.6) is 0 Å². The highest BCUT2D eigenvalue weighted by Crippen LogP contribution is 2.14. The molecule has 0 fully saturated rings. The predicted molar refractivity (Wildman–Crippen MR) is 64.5 cm³/mol. The summed E-state index contributed by atoms with van der Waals surface area (Å²) in [5.41, 5.74) is 7.05. The summed E-state index contributed by atoms with van der Waals surface area (Å²) >= 11 is 0. The fourth-order valence-corrected chi connectivity index (χ4v) is 1.84. The number of fused-ring (bicyclic) bond motifs is 1. The molecule has 3 rings (SSSR count). The second kappa shape index (κ2) is 4.06. The van der Waals surface area contributed by atoms with Gasteiger partial charge >= 0.3 is 0 Å². The van der Waals surface area contributed by atoms with Gasteiger partial charge in [0.15, 0.2) is 11.5 Å². The monoisotopic (exact) mass is 244 g/mol. The van der Waals surface area contributed by atoms with Gasteiger partial charge < -0.3 is 10.3 Å². The minimum Gasteiger partial charge on any atom is -0.382 e. The van der Waals surface area contributed by atoms with Gasteiger partial charge in [0.25, 0.3) is 0 Å². The van der Waals surface area contributed by atoms with E-state index in [-0.39, 0.29) is 0 Å². The van der Waals surface area contributed by atoms with Crippen LogP contribution in [0.4, 0.5) is 5.82 Å². The van der Waals surface area contributed by atoms with E-state index >= 15 is 0 Å². The third-order valence-corrected chi connectivity index (χ3v) is 2.74. The van der Waals surface area contributed by atoms with Crippen molar-refractivity contribution in [3.8, 4) is 0 Å². The van der Waals surface area contributed by atoms with Crippen LogP contribution in [0.2, 0.25) is 0 Å². The summed E-state index contributed by atoms with van der Waals surface area (Å²) in [5.74, 6) is 1.24. The van der Waals surface area contributed by atoms with Gasteiger partial charge in [0.1, 0.15) is 24.0 Å². The van der Waals surface area contributed by atoms with E-state index in [1.54, 1.807) is 12.7 Å². The highest BCUT2D eigenvalue weighted by Gasteiger charge is 2.10. The molecule has 0 aliphatic carbocycles. The SMILES string of the molecule is CCn1ncnc1Cn1cnc2c(N)ncnc21. The number of nitrogen functional groups attached to an aromatic ring is 1. The van der Waals surface area contributed by atoms with E-state index < -0.39 is 0 Å². The Hall–Kier alpha value is -2.51. The molecule has 3 aromatic heterocycles. The van der Waals surface area contributed by atoms with Crippen molar-refractivity contribution in [1.82, 2.24) is 34.3 Å². The van der Waals surface area contributed by atoms with Gasteiger partial charge in [-0.3, -0.25) is 0 Å². The van der Waals surface area contributed by atoms with Gasteiger partial charge in [-0.15, -0.1) is 0 Å². The van der Waals surface area contributed by atoms with E-state index in [0.29, 0.717) is 23.5 Å². The number of hydrogen-bond donors (Lipinski definition) is 1. The molecule has 0 saturated heterocycles. The third-order valence-electron chi connectivity index (χ3n) is 2.74. The molecule has 0 aromatic carbocycles. The molecule has 0 bridgehead atoms. The van der Waals surface area contributed by atoms with Gasteiger partial charge in [0.2, 0.25) is 0 Å². The number of anilines is 1. The van der Waals surface area contributed by atoms with Crippen molar-refractivity contribution in [2.45, 2.75) is 20.0 Å². The molecule has 0 aliphatic heterocycles. The minimum absolute atomic E-state index is 0.385. The van der Waals surface area contributed by atoms with E-state index in [0.717, 1.165) is 12.4 Å². The van der Waals surface area contributed by atoms with Crippen LogP contribution in [0.3, 0.4) is 0 Å². The first-order chi connectivity index (χ1) is 8.79. The molecule has 0 amide bonds. The smallest absolute Gasteiger partial charge is 0.165 e. The Morgan fingerprint density at radius 1 is 1.17 bits per heavy atom. The van der Waals surface area contributed by atoms with E-state index in [2.05, 4.69) is 25.0 Å². The van der Waals surface area contributed by atoms with E-state index in [4.69, 9.17) is 5.73 Å². The van der Waals surface area contributed by atoms with Crippen LogP contribution in [-0.4, -0.2) is 34.3 Å². The van der Waals surface area contributed by atoms with Crippen LogP contribution >= 0.6 is 0 Å². The summed E-state index contributed by atoms with van der Waals surface area (Å²) in [7, 11) is 0. The third kappa shape index (κ3) is 1.58. The lowest BCUT2D eigenvalue weighted by molar-refractivity contribution is 0.595. The summed E-state index contributed by atoms with van der Waals surface area (Å²) in [4.78, 5) is 16.5. The van der Waals surface area contributed by atoms with Crippen LogP contribution in [-0.2, 0) is 13.1 Å². The molecule has 3 aromatic rings. The van der Waals surface area contributed by atoms with Gasteiger partial charge in [-0.2, -0.15) is 5.10 Å². The standard InChI is InChI=1S/C10H12N8/c1-2-18-7(12-5-16-18)3-17-6-15-8-9(11)13-4-14-10(8)17/h4-6H,2-3H2,1H3,(H2,11,13,14). The van der Waals surface area contributed by atoms with Gasteiger partial charge in [-0.05, 0) is 6.92 Å². The lowest BCUT2D eigenvalue weighted by Gasteiger charge is -2.04. The Bertz CT molecular complexity index is 682. The number of aryl methyl sites for hydroxylation is 1. The molecule has 18 heavy (non-hydrogen) atoms. The Morgan fingerprint density at radius 2 is 2.06 bits per heavy atom. The summed E-state index contributed by atoms with van der Waals surface area (Å²) in [6, 6.07) is 0. The molecular weight excluding hydrogens is 232 g/mol. The maximum Gasteiger partial charge on any atom is 0.165 e. The zero-order valence-corrected chi connectivity index (χ0v) is 9.85. The lowest BCUT2D eigenvalue weighted by Crippen LogP contribution is -2.09. The van der Waals surface area contributed by atoms with Gasteiger partial charge in [-0.1, -0.05) is 0 Å². The second-order valence-corrected chi connectivity index (χ2v) is 3.80. The van der Waals surface area contributed by atoms with Gasteiger partial charge in [0.05, 0.1) is 12.9 Å². The molecule has 0 radical (unpaired) electrons. The Labute approximate surface area is 103 Å². The van der Waals surface area contributed by atoms with E-state index in [1.165, 1.54) is 6.33 Å². The first kappa shape index (κ1) is 10.6. The van der Waals surface area contributed by atoms with Crippen molar-refractivity contribution in [1.29, 1.82) is 0 Å². The molecule has 8 heteroatoms. The van der Waals surface area contributed by atoms with E-state index in [1.807, 2.05) is 16.2 Å². The average molecular weight is 244 g/mol. The first-order valence-electron chi connectivity index (χ1n) is 5.57. The number of nitrogens with two attached hydrogens (primary N) is 1. The van der Waals surface area contributed by atoms with Crippen molar-refractivity contribution < 1.29 is 0 Å². The Morgan fingerprint density at radius 3 is 2.89 bits per heavy atom. The van der Waals surface area contributed by atoms with Crippen molar-refractivity contribution in [2.24, 2.45) is 0 Å². The second-order valence-electron chi connectivity index (χ2n) is 3.80. The zero-order valence-electron chi connectivity index (χ0n) is 9.85. The average Bonchev–Trinajstić information content (AvgIpc) is 2.98. The highest BCUT2D eigenvalue weighted by molar-refractivity contribution is 5.81. The normalized spacial score (nSPS) is 11.2. The summed E-state index contributed by atoms with van der Waals surface area (Å²) in [6.45, 7) is 3.35. The van der Waals surface area contributed by atoms with Crippen molar-refractivity contribution in [3.05, 3.63) is 24.8 Å². The maximum atomic E-state index is 5.74. The van der Waals surface area contributed by atoms with Crippen molar-refractivity contribution in [3.63, 3.8) is 0 Å². The van der Waals surface area contributed by atoms with Crippen LogP contribution in [0.1, 0.15) is 12.7 Å². The van der Waals surface area contributed by atoms with Gasteiger partial charge in [0, 0.05) is 6.54 Å². The topological polar surface area (TPSA) is 100 Å². The number of aromatic nitrogens is 7. The molecule has 0 saturated carbocycles. The summed E-state index contributed by atoms with van der Waals surface area (Å²) in [6.07, 6.45) is 4.66. The molecule has 0 aliphatic rings. The quantitative estimate of drug-likeness (QED) is 0.699. The first-order valence-corrected chi connectivity index (χ1v) is 5.57. The Balaban J connectivity index is 2.03. The molecule has 2 N–H and O–H groups in total. The number of imidazole rings is 1. The van der Waals surface area contributed by atoms with Crippen LogP contribution in [0.25, 0.3) is 11.2 Å². The van der Waals surface area contributed by atoms with E-state index in [9.17, 15) is 0 Å². The highest BCUT2D eigenvalue weighted by atomic mass is 15.3. The molecule has 0 spiro atoms. The molecular formula is C10H12N8. The van der Waals surface area contributed by atoms with Crippen molar-refractivity contribution in [2.75, 3.05) is 5.73 Å². The molecule has 3 heterocycles. The lowest BCUT2D eigenvalue weighted by atomic mass is 10.5. The van der Waals surface area contributed by atoms with Crippen LogP contribution in [0, 0.1) is 0 Å². The van der Waals surface area contributed by atoms with Gasteiger partial charge in [-0.25, -0.2) is 24.6 Å². The number of hydrogen-bond acceptors (Lipinski definition) is 6.